The van der Waals surface area contributed by atoms with Gasteiger partial charge in [-0.3, -0.25) is 0 Å². The summed E-state index contributed by atoms with van der Waals surface area (Å²) in [6.45, 7) is 0.282. The fourth-order valence-corrected chi connectivity index (χ4v) is 2.84. The Morgan fingerprint density at radius 1 is 0.929 bits per heavy atom. The van der Waals surface area contributed by atoms with Crippen LogP contribution in [-0.2, 0) is 16.2 Å². The van der Waals surface area contributed by atoms with E-state index in [2.05, 4.69) is 5.16 Å². The van der Waals surface area contributed by atoms with E-state index in [0.717, 1.165) is 16.7 Å². The van der Waals surface area contributed by atoms with E-state index in [-0.39, 0.29) is 12.4 Å². The molecule has 1 aliphatic rings. The SMILES string of the molecule is O=C1ON=C(c2ccccc2)/C1=C\c1ccccc1OCc1ccc(F)cc1. The summed E-state index contributed by atoms with van der Waals surface area (Å²) in [4.78, 5) is 17.1. The molecule has 0 fully saturated rings. The van der Waals surface area contributed by atoms with Gasteiger partial charge in [0.25, 0.3) is 0 Å². The Balaban J connectivity index is 1.61. The third kappa shape index (κ3) is 3.83. The number of carbonyl (C=O) groups is 1. The number of nitrogens with zero attached hydrogens (tertiary/aromatic N) is 1. The summed E-state index contributed by atoms with van der Waals surface area (Å²) in [6, 6.07) is 22.9. The van der Waals surface area contributed by atoms with E-state index in [1.54, 1.807) is 18.2 Å². The van der Waals surface area contributed by atoms with Gasteiger partial charge < -0.3 is 9.57 Å². The van der Waals surface area contributed by atoms with Crippen molar-refractivity contribution in [2.75, 3.05) is 0 Å². The van der Waals surface area contributed by atoms with E-state index in [0.29, 0.717) is 17.0 Å². The summed E-state index contributed by atoms with van der Waals surface area (Å²) in [5.41, 5.74) is 3.21. The molecule has 28 heavy (non-hydrogen) atoms. The topological polar surface area (TPSA) is 47.9 Å². The maximum absolute atomic E-state index is 13.1. The van der Waals surface area contributed by atoms with Crippen LogP contribution in [0.3, 0.4) is 0 Å². The van der Waals surface area contributed by atoms with Gasteiger partial charge in [-0.15, -0.1) is 0 Å². The second-order valence-electron chi connectivity index (χ2n) is 6.20. The molecular formula is C23H16FNO3. The number of oxime groups is 1. The Morgan fingerprint density at radius 2 is 1.64 bits per heavy atom. The second-order valence-corrected chi connectivity index (χ2v) is 6.20. The predicted octanol–water partition coefficient (Wildman–Crippen LogP) is 4.75. The van der Waals surface area contributed by atoms with Crippen LogP contribution in [0.4, 0.5) is 4.39 Å². The van der Waals surface area contributed by atoms with Crippen molar-refractivity contribution in [3.8, 4) is 5.75 Å². The molecule has 0 radical (unpaired) electrons. The van der Waals surface area contributed by atoms with Gasteiger partial charge in [-0.2, -0.15) is 0 Å². The summed E-state index contributed by atoms with van der Waals surface area (Å²) in [7, 11) is 0. The van der Waals surface area contributed by atoms with Crippen LogP contribution in [-0.4, -0.2) is 11.7 Å². The molecule has 0 spiro atoms. The van der Waals surface area contributed by atoms with Crippen LogP contribution in [0, 0.1) is 5.82 Å². The third-order valence-corrected chi connectivity index (χ3v) is 4.27. The van der Waals surface area contributed by atoms with Crippen LogP contribution >= 0.6 is 0 Å². The highest BCUT2D eigenvalue weighted by Gasteiger charge is 2.27. The van der Waals surface area contributed by atoms with Crippen molar-refractivity contribution in [2.45, 2.75) is 6.61 Å². The lowest BCUT2D eigenvalue weighted by Crippen LogP contribution is -2.07. The second kappa shape index (κ2) is 7.88. The fraction of sp³-hybridized carbons (Fsp3) is 0.0435. The van der Waals surface area contributed by atoms with E-state index in [4.69, 9.17) is 9.57 Å². The fourth-order valence-electron chi connectivity index (χ4n) is 2.84. The molecule has 0 atom stereocenters. The van der Waals surface area contributed by atoms with Crippen molar-refractivity contribution >= 4 is 17.8 Å². The quantitative estimate of drug-likeness (QED) is 0.479. The van der Waals surface area contributed by atoms with Gasteiger partial charge in [0.15, 0.2) is 0 Å². The molecule has 0 aliphatic carbocycles. The number of benzene rings is 3. The van der Waals surface area contributed by atoms with Crippen molar-refractivity contribution in [3.63, 3.8) is 0 Å². The van der Waals surface area contributed by atoms with E-state index >= 15 is 0 Å². The molecule has 0 bridgehead atoms. The van der Waals surface area contributed by atoms with Crippen molar-refractivity contribution < 1.29 is 18.8 Å². The first-order chi connectivity index (χ1) is 13.7. The first-order valence-electron chi connectivity index (χ1n) is 8.74. The summed E-state index contributed by atoms with van der Waals surface area (Å²) in [5.74, 6) is -0.194. The third-order valence-electron chi connectivity index (χ3n) is 4.27. The maximum Gasteiger partial charge on any atom is 0.368 e. The number of ether oxygens (including phenoxy) is 1. The van der Waals surface area contributed by atoms with Gasteiger partial charge in [0, 0.05) is 11.1 Å². The van der Waals surface area contributed by atoms with Crippen molar-refractivity contribution in [1.29, 1.82) is 0 Å². The minimum atomic E-state index is -0.507. The van der Waals surface area contributed by atoms with E-state index in [1.165, 1.54) is 12.1 Å². The first-order valence-corrected chi connectivity index (χ1v) is 8.74. The average Bonchev–Trinajstić information content (AvgIpc) is 3.09. The largest absolute Gasteiger partial charge is 0.488 e. The molecule has 138 valence electrons. The molecule has 1 aliphatic heterocycles. The zero-order chi connectivity index (χ0) is 19.3. The lowest BCUT2D eigenvalue weighted by Gasteiger charge is -2.10. The standard InChI is InChI=1S/C23H16FNO3/c24-19-12-10-16(11-13-19)15-27-21-9-5-4-8-18(21)14-20-22(25-28-23(20)26)17-6-2-1-3-7-17/h1-14H,15H2/b20-14+. The van der Waals surface area contributed by atoms with E-state index in [9.17, 15) is 9.18 Å². The summed E-state index contributed by atoms with van der Waals surface area (Å²) in [5, 5.41) is 3.92. The van der Waals surface area contributed by atoms with E-state index in [1.807, 2.05) is 54.6 Å². The normalized spacial score (nSPS) is 14.7. The highest BCUT2D eigenvalue weighted by atomic mass is 19.1. The molecule has 0 saturated heterocycles. The molecule has 0 unspecified atom stereocenters. The summed E-state index contributed by atoms with van der Waals surface area (Å²) >= 11 is 0. The predicted molar refractivity (Wildman–Crippen MR) is 104 cm³/mol. The number of halogens is 1. The van der Waals surface area contributed by atoms with Crippen molar-refractivity contribution in [3.05, 3.63) is 107 Å². The molecule has 4 nitrogen and oxygen atoms in total. The van der Waals surface area contributed by atoms with Gasteiger partial charge in [0.05, 0.1) is 5.57 Å². The van der Waals surface area contributed by atoms with Crippen molar-refractivity contribution in [2.24, 2.45) is 5.16 Å². The lowest BCUT2D eigenvalue weighted by atomic mass is 10.0. The van der Waals surface area contributed by atoms with Crippen LogP contribution in [0.5, 0.6) is 5.75 Å². The zero-order valence-corrected chi connectivity index (χ0v) is 14.8. The van der Waals surface area contributed by atoms with Crippen LogP contribution in [0.2, 0.25) is 0 Å². The van der Waals surface area contributed by atoms with Gasteiger partial charge in [-0.25, -0.2) is 9.18 Å². The molecule has 0 amide bonds. The molecular weight excluding hydrogens is 357 g/mol. The molecule has 0 aromatic heterocycles. The molecule has 1 heterocycles. The molecule has 3 aromatic carbocycles. The molecule has 3 aromatic rings. The smallest absolute Gasteiger partial charge is 0.368 e. The van der Waals surface area contributed by atoms with Gasteiger partial charge >= 0.3 is 5.97 Å². The Kier molecular flexibility index (Phi) is 4.97. The monoisotopic (exact) mass is 373 g/mol. The number of rotatable bonds is 5. The van der Waals surface area contributed by atoms with Crippen LogP contribution in [0.15, 0.2) is 89.6 Å². The Morgan fingerprint density at radius 3 is 2.43 bits per heavy atom. The number of para-hydroxylation sites is 1. The van der Waals surface area contributed by atoms with Gasteiger partial charge in [0.2, 0.25) is 0 Å². The molecule has 5 heteroatoms. The van der Waals surface area contributed by atoms with Crippen molar-refractivity contribution in [1.82, 2.24) is 0 Å². The Labute approximate surface area is 161 Å². The highest BCUT2D eigenvalue weighted by Crippen LogP contribution is 2.26. The van der Waals surface area contributed by atoms with Crippen LogP contribution < -0.4 is 4.74 Å². The van der Waals surface area contributed by atoms with Gasteiger partial charge in [-0.1, -0.05) is 65.8 Å². The number of hydrogen-bond donors (Lipinski definition) is 0. The van der Waals surface area contributed by atoms with E-state index < -0.39 is 5.97 Å². The number of hydrogen-bond acceptors (Lipinski definition) is 4. The van der Waals surface area contributed by atoms with Crippen LogP contribution in [0.1, 0.15) is 16.7 Å². The molecule has 0 N–H and O–H groups in total. The molecule has 0 saturated carbocycles. The Hall–Kier alpha value is -3.73. The minimum absolute atomic E-state index is 0.282. The summed E-state index contributed by atoms with van der Waals surface area (Å²) in [6.07, 6.45) is 1.71. The van der Waals surface area contributed by atoms with Crippen LogP contribution in [0.25, 0.3) is 6.08 Å². The number of carbonyl (C=O) groups excluding carboxylic acids is 1. The first kappa shape index (κ1) is 17.7. The zero-order valence-electron chi connectivity index (χ0n) is 14.8. The lowest BCUT2D eigenvalue weighted by molar-refractivity contribution is -0.136. The van der Waals surface area contributed by atoms with Gasteiger partial charge in [-0.05, 0) is 29.8 Å². The highest BCUT2D eigenvalue weighted by molar-refractivity contribution is 6.31. The summed E-state index contributed by atoms with van der Waals surface area (Å²) < 4.78 is 18.9. The van der Waals surface area contributed by atoms with Gasteiger partial charge in [0.1, 0.15) is 23.9 Å². The Bertz CT molecular complexity index is 1060. The average molecular weight is 373 g/mol. The molecule has 4 rings (SSSR count). The minimum Gasteiger partial charge on any atom is -0.488 e. The maximum atomic E-state index is 13.1.